The Morgan fingerprint density at radius 3 is 2.69 bits per heavy atom. The maximum Gasteiger partial charge on any atom is 0.368 e. The highest BCUT2D eigenvalue weighted by atomic mass is 32.2. The molecule has 3 N–H and O–H groups in total. The van der Waals surface area contributed by atoms with E-state index in [0.717, 1.165) is 11.8 Å². The minimum atomic E-state index is -1.19. The van der Waals surface area contributed by atoms with Crippen LogP contribution in [0.4, 0.5) is 4.79 Å². The fraction of sp³-hybridized carbons (Fsp3) is 0.750. The minimum Gasteiger partial charge on any atom is -0.465 e. The molecule has 0 bridgehead atoms. The zero-order valence-electron chi connectivity index (χ0n) is 15.2. The molecule has 0 spiro atoms. The van der Waals surface area contributed by atoms with Crippen LogP contribution in [0.25, 0.3) is 0 Å². The first-order valence-electron chi connectivity index (χ1n) is 8.33. The zero-order chi connectivity index (χ0) is 19.7. The molecule has 1 heterocycles. The lowest BCUT2D eigenvalue weighted by atomic mass is 9.86. The third-order valence-electron chi connectivity index (χ3n) is 3.52. The van der Waals surface area contributed by atoms with Gasteiger partial charge in [-0.15, -0.1) is 0 Å². The molecule has 2 atom stereocenters. The molecule has 1 fully saturated rings. The Balaban J connectivity index is 2.80. The first-order valence-corrected chi connectivity index (χ1v) is 9.32. The summed E-state index contributed by atoms with van der Waals surface area (Å²) in [6.07, 6.45) is -2.08. The molecule has 0 unspecified atom stereocenters. The van der Waals surface area contributed by atoms with Gasteiger partial charge in [0.1, 0.15) is 6.61 Å². The van der Waals surface area contributed by atoms with Crippen LogP contribution in [0.1, 0.15) is 33.6 Å². The molecule has 0 aliphatic carbocycles. The number of hydrogen-bond donors (Lipinski definition) is 3. The van der Waals surface area contributed by atoms with E-state index in [9.17, 15) is 24.3 Å². The van der Waals surface area contributed by atoms with E-state index in [0.29, 0.717) is 12.3 Å². The maximum absolute atomic E-state index is 12.4. The number of esters is 1. The van der Waals surface area contributed by atoms with Gasteiger partial charge >= 0.3 is 11.3 Å². The summed E-state index contributed by atoms with van der Waals surface area (Å²) < 4.78 is 10.4. The van der Waals surface area contributed by atoms with Crippen LogP contribution in [0.2, 0.25) is 0 Å². The van der Waals surface area contributed by atoms with Gasteiger partial charge in [-0.25, -0.2) is 4.79 Å². The number of rotatable bonds is 5. The predicted octanol–water partition coefficient (Wildman–Crippen LogP) is 0.201. The molecule has 10 heteroatoms. The molecule has 1 rings (SSSR count). The van der Waals surface area contributed by atoms with Crippen LogP contribution < -0.4 is 10.6 Å². The second-order valence-electron chi connectivity index (χ2n) is 6.69. The number of cyclic esters (lactones) is 1. The quantitative estimate of drug-likeness (QED) is 0.568. The fourth-order valence-electron chi connectivity index (χ4n) is 2.15. The van der Waals surface area contributed by atoms with Gasteiger partial charge in [-0.2, -0.15) is 0 Å². The van der Waals surface area contributed by atoms with Gasteiger partial charge in [-0.3, -0.25) is 14.4 Å². The third-order valence-corrected chi connectivity index (χ3v) is 4.26. The summed E-state index contributed by atoms with van der Waals surface area (Å²) in [5.74, 6) is -1.08. The molecule has 0 aromatic rings. The lowest BCUT2D eigenvalue weighted by Crippen LogP contribution is -2.49. The van der Waals surface area contributed by atoms with Crippen molar-refractivity contribution in [2.24, 2.45) is 5.41 Å². The van der Waals surface area contributed by atoms with Crippen LogP contribution >= 0.6 is 11.8 Å². The molecule has 0 aromatic carbocycles. The van der Waals surface area contributed by atoms with Crippen molar-refractivity contribution in [3.05, 3.63) is 0 Å². The Labute approximate surface area is 156 Å². The van der Waals surface area contributed by atoms with Crippen molar-refractivity contribution in [2.75, 3.05) is 25.4 Å². The number of ether oxygens (including phenoxy) is 2. The fourth-order valence-corrected chi connectivity index (χ4v) is 2.68. The van der Waals surface area contributed by atoms with E-state index in [-0.39, 0.29) is 31.9 Å². The molecule has 2 amide bonds. The summed E-state index contributed by atoms with van der Waals surface area (Å²) in [7, 11) is 0. The molecule has 26 heavy (non-hydrogen) atoms. The number of thioether (sulfide) groups is 1. The molecule has 0 aromatic heterocycles. The van der Waals surface area contributed by atoms with Gasteiger partial charge in [0, 0.05) is 30.7 Å². The molecule has 9 nitrogen and oxygen atoms in total. The van der Waals surface area contributed by atoms with Gasteiger partial charge in [0.15, 0.2) is 6.10 Å². The van der Waals surface area contributed by atoms with Crippen LogP contribution in [-0.2, 0) is 23.9 Å². The highest BCUT2D eigenvalue weighted by Gasteiger charge is 2.40. The molecular weight excluding hydrogens is 364 g/mol. The summed E-state index contributed by atoms with van der Waals surface area (Å²) in [5.41, 5.74) is -0.999. The predicted molar refractivity (Wildman–Crippen MR) is 94.4 cm³/mol. The Bertz CT molecular complexity index is 537. The van der Waals surface area contributed by atoms with E-state index in [1.165, 1.54) is 6.92 Å². The van der Waals surface area contributed by atoms with Crippen LogP contribution in [0.15, 0.2) is 0 Å². The molecule has 0 saturated carbocycles. The summed E-state index contributed by atoms with van der Waals surface area (Å²) >= 11 is 0.851. The van der Waals surface area contributed by atoms with E-state index < -0.39 is 34.8 Å². The average Bonchev–Trinajstić information content (AvgIpc) is 2.53. The first-order chi connectivity index (χ1) is 12.1. The number of aliphatic hydroxyl groups is 1. The number of carbonyl (C=O) groups is 4. The second-order valence-corrected chi connectivity index (χ2v) is 7.72. The normalized spacial score (nSPS) is 21.4. The lowest BCUT2D eigenvalue weighted by molar-refractivity contribution is -0.154. The van der Waals surface area contributed by atoms with Crippen LogP contribution in [-0.4, -0.2) is 65.8 Å². The molecule has 1 aliphatic rings. The highest BCUT2D eigenvalue weighted by molar-refractivity contribution is 8.13. The van der Waals surface area contributed by atoms with E-state index in [4.69, 9.17) is 9.47 Å². The van der Waals surface area contributed by atoms with Crippen LogP contribution in [0.3, 0.4) is 0 Å². The SMILES string of the molecule is C[C@H](O)CC(=O)OCC(C)(C)[C@H]1OC(=O)SCCNC(=O)CCNC1=O. The van der Waals surface area contributed by atoms with Crippen molar-refractivity contribution in [1.29, 1.82) is 0 Å². The van der Waals surface area contributed by atoms with Crippen molar-refractivity contribution in [3.63, 3.8) is 0 Å². The number of aliphatic hydroxyl groups excluding tert-OH is 1. The van der Waals surface area contributed by atoms with Crippen molar-refractivity contribution in [3.8, 4) is 0 Å². The Hall–Kier alpha value is -1.81. The van der Waals surface area contributed by atoms with Gasteiger partial charge in [0.05, 0.1) is 12.5 Å². The van der Waals surface area contributed by atoms with E-state index >= 15 is 0 Å². The average molecular weight is 390 g/mol. The first kappa shape index (κ1) is 22.2. The van der Waals surface area contributed by atoms with Crippen molar-refractivity contribution in [1.82, 2.24) is 10.6 Å². The summed E-state index contributed by atoms with van der Waals surface area (Å²) in [6.45, 7) is 4.96. The van der Waals surface area contributed by atoms with Gasteiger partial charge < -0.3 is 25.2 Å². The number of hydrogen-bond acceptors (Lipinski definition) is 8. The molecular formula is C16H26N2O7S. The maximum atomic E-state index is 12.4. The lowest BCUT2D eigenvalue weighted by Gasteiger charge is -2.32. The van der Waals surface area contributed by atoms with Crippen molar-refractivity contribution in [2.45, 2.75) is 45.8 Å². The summed E-state index contributed by atoms with van der Waals surface area (Å²) in [6, 6.07) is 0. The van der Waals surface area contributed by atoms with E-state index in [1.54, 1.807) is 13.8 Å². The number of amides is 2. The Morgan fingerprint density at radius 2 is 2.04 bits per heavy atom. The smallest absolute Gasteiger partial charge is 0.368 e. The van der Waals surface area contributed by atoms with Crippen molar-refractivity contribution >= 4 is 34.8 Å². The largest absolute Gasteiger partial charge is 0.465 e. The number of nitrogens with one attached hydrogen (secondary N) is 2. The van der Waals surface area contributed by atoms with Gasteiger partial charge in [0.25, 0.3) is 5.91 Å². The Kier molecular flexibility index (Phi) is 8.86. The topological polar surface area (TPSA) is 131 Å². The number of carbonyl (C=O) groups excluding carboxylic acids is 4. The zero-order valence-corrected chi connectivity index (χ0v) is 16.0. The van der Waals surface area contributed by atoms with Crippen LogP contribution in [0, 0.1) is 5.41 Å². The monoisotopic (exact) mass is 390 g/mol. The van der Waals surface area contributed by atoms with E-state index in [1.807, 2.05) is 0 Å². The molecule has 1 aliphatic heterocycles. The second kappa shape index (κ2) is 10.4. The minimum absolute atomic E-state index is 0.101. The summed E-state index contributed by atoms with van der Waals surface area (Å²) in [5, 5.41) is 13.7. The molecule has 1 saturated heterocycles. The standard InChI is InChI=1S/C16H26N2O7S/c1-10(19)8-12(21)24-9-16(2,3)13-14(22)18-5-4-11(20)17-6-7-26-15(23)25-13/h10,13,19H,4-9H2,1-3H3,(H,17,20)(H,18,22)/t10-,13-/m0/s1. The van der Waals surface area contributed by atoms with Gasteiger partial charge in [-0.1, -0.05) is 13.8 Å². The highest BCUT2D eigenvalue weighted by Crippen LogP contribution is 2.26. The van der Waals surface area contributed by atoms with Gasteiger partial charge in [-0.05, 0) is 18.7 Å². The summed E-state index contributed by atoms with van der Waals surface area (Å²) in [4.78, 5) is 47.6. The molecule has 0 radical (unpaired) electrons. The molecule has 148 valence electrons. The van der Waals surface area contributed by atoms with Crippen LogP contribution in [0.5, 0.6) is 0 Å². The van der Waals surface area contributed by atoms with E-state index in [2.05, 4.69) is 10.6 Å². The van der Waals surface area contributed by atoms with Gasteiger partial charge in [0.2, 0.25) is 5.91 Å². The Morgan fingerprint density at radius 1 is 1.35 bits per heavy atom. The third kappa shape index (κ3) is 8.05. The van der Waals surface area contributed by atoms with Crippen molar-refractivity contribution < 1.29 is 33.8 Å².